The molecule has 0 N–H and O–H groups in total. The van der Waals surface area contributed by atoms with Crippen LogP contribution in [0.15, 0.2) is 42.5 Å². The average Bonchev–Trinajstić information content (AvgIpc) is 2.96. The molecule has 1 aliphatic rings. The van der Waals surface area contributed by atoms with Crippen molar-refractivity contribution in [2.75, 3.05) is 16.6 Å². The van der Waals surface area contributed by atoms with Gasteiger partial charge in [-0.3, -0.25) is 4.31 Å². The second kappa shape index (κ2) is 8.10. The second-order valence-electron chi connectivity index (χ2n) is 5.79. The number of rotatable bonds is 4. The quantitative estimate of drug-likeness (QED) is 0.384. The van der Waals surface area contributed by atoms with Crippen molar-refractivity contribution in [1.82, 2.24) is 0 Å². The van der Waals surface area contributed by atoms with Gasteiger partial charge in [0, 0.05) is 17.6 Å². The summed E-state index contributed by atoms with van der Waals surface area (Å²) in [7, 11) is -3.22. The van der Waals surface area contributed by atoms with Crippen molar-refractivity contribution in [2.45, 2.75) is 6.42 Å². The summed E-state index contributed by atoms with van der Waals surface area (Å²) in [5, 5.41) is 0.594. The third-order valence-corrected chi connectivity index (χ3v) is 6.51. The van der Waals surface area contributed by atoms with E-state index >= 15 is 0 Å². The highest BCUT2D eigenvalue weighted by atomic mass is 35.5. The number of hydrogen-bond donors (Lipinski definition) is 0. The van der Waals surface area contributed by atoms with Crippen LogP contribution in [-0.2, 0) is 14.8 Å². The van der Waals surface area contributed by atoms with Gasteiger partial charge in [-0.1, -0.05) is 46.9 Å². The van der Waals surface area contributed by atoms with E-state index in [4.69, 9.17) is 39.5 Å². The zero-order chi connectivity index (χ0) is 19.6. The molecule has 0 aromatic heterocycles. The normalized spacial score (nSPS) is 16.0. The Kier molecular flexibility index (Phi) is 6.01. The zero-order valence-electron chi connectivity index (χ0n) is 13.9. The Morgan fingerprint density at radius 3 is 2.26 bits per heavy atom. The summed E-state index contributed by atoms with van der Waals surface area (Å²) in [6.45, 7) is 0.479. The highest BCUT2D eigenvalue weighted by Gasteiger charge is 2.28. The minimum Gasteiger partial charge on any atom is -0.420 e. The molecule has 27 heavy (non-hydrogen) atoms. The van der Waals surface area contributed by atoms with Crippen LogP contribution in [0.25, 0.3) is 6.08 Å². The Hall–Kier alpha value is -1.73. The number of carbonyl (C=O) groups excluding carboxylic acids is 1. The molecular weight excluding hydrogens is 433 g/mol. The number of halogens is 3. The van der Waals surface area contributed by atoms with Crippen LogP contribution >= 0.6 is 34.8 Å². The Labute approximate surface area is 172 Å². The molecule has 0 unspecified atom stereocenters. The maximum Gasteiger partial charge on any atom is 0.336 e. The summed E-state index contributed by atoms with van der Waals surface area (Å²) in [6.07, 6.45) is 3.39. The second-order valence-corrected chi connectivity index (χ2v) is 9.05. The molecule has 5 nitrogen and oxygen atoms in total. The Balaban J connectivity index is 1.68. The number of benzene rings is 2. The third kappa shape index (κ3) is 4.76. The van der Waals surface area contributed by atoms with E-state index in [0.29, 0.717) is 29.2 Å². The van der Waals surface area contributed by atoms with Gasteiger partial charge in [0.2, 0.25) is 10.0 Å². The first-order chi connectivity index (χ1) is 12.8. The topological polar surface area (TPSA) is 63.7 Å². The average molecular weight is 447 g/mol. The molecule has 0 radical (unpaired) electrons. The lowest BCUT2D eigenvalue weighted by atomic mass is 10.2. The maximum absolute atomic E-state index is 12.0. The molecular formula is C18H14Cl3NO4S. The largest absolute Gasteiger partial charge is 0.420 e. The van der Waals surface area contributed by atoms with Crippen molar-refractivity contribution in [1.29, 1.82) is 0 Å². The van der Waals surface area contributed by atoms with Crippen LogP contribution in [0.3, 0.4) is 0 Å². The van der Waals surface area contributed by atoms with E-state index in [1.54, 1.807) is 30.3 Å². The highest BCUT2D eigenvalue weighted by Crippen LogP contribution is 2.36. The van der Waals surface area contributed by atoms with E-state index in [1.807, 2.05) is 0 Å². The van der Waals surface area contributed by atoms with E-state index in [2.05, 4.69) is 0 Å². The Morgan fingerprint density at radius 2 is 1.70 bits per heavy atom. The van der Waals surface area contributed by atoms with Crippen LogP contribution in [0.1, 0.15) is 12.0 Å². The summed E-state index contributed by atoms with van der Waals surface area (Å²) in [6, 6.07) is 9.67. The first-order valence-electron chi connectivity index (χ1n) is 7.91. The number of anilines is 1. The van der Waals surface area contributed by atoms with Crippen molar-refractivity contribution >= 4 is 62.6 Å². The monoisotopic (exact) mass is 445 g/mol. The van der Waals surface area contributed by atoms with E-state index in [-0.39, 0.29) is 21.5 Å². The van der Waals surface area contributed by atoms with Gasteiger partial charge in [0.05, 0.1) is 21.5 Å². The predicted octanol–water partition coefficient (Wildman–Crippen LogP) is 4.81. The molecule has 0 saturated carbocycles. The molecule has 1 fully saturated rings. The highest BCUT2D eigenvalue weighted by molar-refractivity contribution is 7.93. The minimum atomic E-state index is -3.22. The smallest absolute Gasteiger partial charge is 0.336 e. The Morgan fingerprint density at radius 1 is 1.07 bits per heavy atom. The molecule has 1 heterocycles. The predicted molar refractivity (Wildman–Crippen MR) is 108 cm³/mol. The van der Waals surface area contributed by atoms with Gasteiger partial charge in [-0.05, 0) is 42.3 Å². The number of hydrogen-bond acceptors (Lipinski definition) is 4. The molecule has 1 saturated heterocycles. The van der Waals surface area contributed by atoms with Crippen LogP contribution in [0, 0.1) is 0 Å². The SMILES string of the molecule is O=C(/C=C/c1ccc(N2CCCS2(=O)=O)cc1)Oc1c(Cl)cc(Cl)cc1Cl. The van der Waals surface area contributed by atoms with Gasteiger partial charge < -0.3 is 4.74 Å². The third-order valence-electron chi connectivity index (χ3n) is 3.86. The number of ether oxygens (including phenoxy) is 1. The van der Waals surface area contributed by atoms with Crippen molar-refractivity contribution in [2.24, 2.45) is 0 Å². The number of esters is 1. The fourth-order valence-electron chi connectivity index (χ4n) is 2.61. The summed E-state index contributed by atoms with van der Waals surface area (Å²) >= 11 is 17.8. The molecule has 0 spiro atoms. The summed E-state index contributed by atoms with van der Waals surface area (Å²) in [5.41, 5.74) is 1.31. The van der Waals surface area contributed by atoms with Gasteiger partial charge >= 0.3 is 5.97 Å². The van der Waals surface area contributed by atoms with Gasteiger partial charge in [-0.15, -0.1) is 0 Å². The van der Waals surface area contributed by atoms with Crippen molar-refractivity contribution in [3.63, 3.8) is 0 Å². The van der Waals surface area contributed by atoms with Gasteiger partial charge in [-0.2, -0.15) is 0 Å². The molecule has 3 rings (SSSR count). The lowest BCUT2D eigenvalue weighted by Gasteiger charge is -2.16. The maximum atomic E-state index is 12.0. The van der Waals surface area contributed by atoms with E-state index in [1.165, 1.54) is 22.5 Å². The summed E-state index contributed by atoms with van der Waals surface area (Å²) in [4.78, 5) is 12.0. The number of sulfonamides is 1. The van der Waals surface area contributed by atoms with Crippen LogP contribution < -0.4 is 9.04 Å². The minimum absolute atomic E-state index is 0.0342. The van der Waals surface area contributed by atoms with Gasteiger partial charge in [0.25, 0.3) is 0 Å². The molecule has 0 aliphatic carbocycles. The summed E-state index contributed by atoms with van der Waals surface area (Å²) < 4.78 is 30.4. The van der Waals surface area contributed by atoms with Crippen molar-refractivity contribution in [3.8, 4) is 5.75 Å². The molecule has 142 valence electrons. The molecule has 2 aromatic rings. The lowest BCUT2D eigenvalue weighted by Crippen LogP contribution is -2.24. The van der Waals surface area contributed by atoms with Crippen molar-refractivity contribution in [3.05, 3.63) is 63.1 Å². The van der Waals surface area contributed by atoms with E-state index < -0.39 is 16.0 Å². The molecule has 0 amide bonds. The van der Waals surface area contributed by atoms with Crippen LogP contribution in [0.4, 0.5) is 5.69 Å². The van der Waals surface area contributed by atoms with E-state index in [9.17, 15) is 13.2 Å². The number of carbonyl (C=O) groups is 1. The lowest BCUT2D eigenvalue weighted by molar-refractivity contribution is -0.128. The Bertz CT molecular complexity index is 981. The summed E-state index contributed by atoms with van der Waals surface area (Å²) in [5.74, 6) is -0.463. The first-order valence-corrected chi connectivity index (χ1v) is 10.7. The zero-order valence-corrected chi connectivity index (χ0v) is 16.9. The molecule has 0 atom stereocenters. The van der Waals surface area contributed by atoms with Gasteiger partial charge in [0.1, 0.15) is 0 Å². The van der Waals surface area contributed by atoms with Crippen LogP contribution in [-0.4, -0.2) is 26.7 Å². The molecule has 2 aromatic carbocycles. The molecule has 1 aliphatic heterocycles. The van der Waals surface area contributed by atoms with Crippen molar-refractivity contribution < 1.29 is 17.9 Å². The van der Waals surface area contributed by atoms with Crippen LogP contribution in [0.2, 0.25) is 15.1 Å². The fraction of sp³-hybridized carbons (Fsp3) is 0.167. The fourth-order valence-corrected chi connectivity index (χ4v) is 5.07. The van der Waals surface area contributed by atoms with Gasteiger partial charge in [-0.25, -0.2) is 13.2 Å². The molecule has 0 bridgehead atoms. The van der Waals surface area contributed by atoms with E-state index in [0.717, 1.165) is 0 Å². The number of nitrogens with zero attached hydrogens (tertiary/aromatic N) is 1. The molecule has 9 heteroatoms. The first kappa shape index (κ1) is 20.0. The standard InChI is InChI=1S/C18H14Cl3NO4S/c19-13-10-15(20)18(16(21)11-13)26-17(23)7-4-12-2-5-14(6-3-12)22-8-1-9-27(22,24)25/h2-7,10-11H,1,8-9H2/b7-4+. The van der Waals surface area contributed by atoms with Crippen LogP contribution in [0.5, 0.6) is 5.75 Å². The van der Waals surface area contributed by atoms with Gasteiger partial charge in [0.15, 0.2) is 5.75 Å².